The molecule has 0 fully saturated rings. The Kier molecular flexibility index (Phi) is 2.85. The second kappa shape index (κ2) is 3.77. The van der Waals surface area contributed by atoms with Gasteiger partial charge in [0.05, 0.1) is 0 Å². The SMILES string of the molecule is NC(C(=O)O)c1cc(F)c(F)c(F)c1O. The van der Waals surface area contributed by atoms with E-state index in [0.29, 0.717) is 6.07 Å². The van der Waals surface area contributed by atoms with Crippen LogP contribution in [0.1, 0.15) is 11.6 Å². The predicted molar refractivity (Wildman–Crippen MR) is 42.5 cm³/mol. The summed E-state index contributed by atoms with van der Waals surface area (Å²) in [7, 11) is 0. The van der Waals surface area contributed by atoms with Crippen molar-refractivity contribution in [2.24, 2.45) is 5.73 Å². The summed E-state index contributed by atoms with van der Waals surface area (Å²) in [6.07, 6.45) is 0. The minimum atomic E-state index is -1.88. The molecule has 0 aliphatic rings. The molecule has 0 saturated carbocycles. The van der Waals surface area contributed by atoms with Gasteiger partial charge in [0.25, 0.3) is 0 Å². The maximum atomic E-state index is 12.8. The van der Waals surface area contributed by atoms with Gasteiger partial charge in [-0.05, 0) is 6.07 Å². The van der Waals surface area contributed by atoms with E-state index in [1.165, 1.54) is 0 Å². The highest BCUT2D eigenvalue weighted by atomic mass is 19.2. The zero-order valence-electron chi connectivity index (χ0n) is 7.17. The number of phenols is 1. The molecule has 0 aliphatic heterocycles. The van der Waals surface area contributed by atoms with Crippen molar-refractivity contribution >= 4 is 5.97 Å². The Hall–Kier alpha value is -1.76. The van der Waals surface area contributed by atoms with E-state index in [1.54, 1.807) is 0 Å². The molecule has 15 heavy (non-hydrogen) atoms. The molecule has 0 spiro atoms. The van der Waals surface area contributed by atoms with Crippen LogP contribution in [0.3, 0.4) is 0 Å². The second-order valence-corrected chi connectivity index (χ2v) is 2.74. The van der Waals surface area contributed by atoms with Gasteiger partial charge in [-0.3, -0.25) is 4.79 Å². The number of carboxylic acid groups (broad SMARTS) is 1. The van der Waals surface area contributed by atoms with E-state index in [2.05, 4.69) is 0 Å². The van der Waals surface area contributed by atoms with Crippen molar-refractivity contribution in [1.29, 1.82) is 0 Å². The monoisotopic (exact) mass is 221 g/mol. The van der Waals surface area contributed by atoms with Crippen LogP contribution in [0.2, 0.25) is 0 Å². The Balaban J connectivity index is 3.38. The standard InChI is InChI=1S/C8H6F3NO3/c9-3-1-2(6(12)8(14)15)7(13)5(11)4(3)10/h1,6,13H,12H2,(H,14,15). The van der Waals surface area contributed by atoms with Gasteiger partial charge in [0.1, 0.15) is 6.04 Å². The molecule has 1 rings (SSSR count). The molecule has 82 valence electrons. The van der Waals surface area contributed by atoms with Gasteiger partial charge in [0.15, 0.2) is 17.4 Å². The van der Waals surface area contributed by atoms with E-state index >= 15 is 0 Å². The van der Waals surface area contributed by atoms with Crippen molar-refractivity contribution in [1.82, 2.24) is 0 Å². The second-order valence-electron chi connectivity index (χ2n) is 2.74. The first-order chi connectivity index (χ1) is 6.86. The summed E-state index contributed by atoms with van der Waals surface area (Å²) in [6.45, 7) is 0. The minimum absolute atomic E-state index is 0.340. The average molecular weight is 221 g/mol. The van der Waals surface area contributed by atoms with E-state index in [9.17, 15) is 18.0 Å². The van der Waals surface area contributed by atoms with Crippen LogP contribution < -0.4 is 5.73 Å². The number of nitrogens with two attached hydrogens (primary N) is 1. The van der Waals surface area contributed by atoms with Gasteiger partial charge in [0.2, 0.25) is 5.82 Å². The lowest BCUT2D eigenvalue weighted by Gasteiger charge is -2.10. The number of hydrogen-bond donors (Lipinski definition) is 3. The van der Waals surface area contributed by atoms with Crippen molar-refractivity contribution in [3.63, 3.8) is 0 Å². The van der Waals surface area contributed by atoms with Gasteiger partial charge >= 0.3 is 5.97 Å². The third-order valence-electron chi connectivity index (χ3n) is 1.77. The van der Waals surface area contributed by atoms with Crippen LogP contribution in [0.5, 0.6) is 5.75 Å². The molecule has 7 heteroatoms. The molecule has 0 bridgehead atoms. The van der Waals surface area contributed by atoms with Crippen molar-refractivity contribution < 1.29 is 28.2 Å². The van der Waals surface area contributed by atoms with Crippen LogP contribution in [-0.2, 0) is 4.79 Å². The first-order valence-corrected chi connectivity index (χ1v) is 3.71. The van der Waals surface area contributed by atoms with Gasteiger partial charge in [-0.25, -0.2) is 8.78 Å². The molecule has 0 heterocycles. The number of benzene rings is 1. The normalized spacial score (nSPS) is 12.5. The fourth-order valence-corrected chi connectivity index (χ4v) is 0.974. The topological polar surface area (TPSA) is 83.6 Å². The van der Waals surface area contributed by atoms with E-state index in [0.717, 1.165) is 0 Å². The molecule has 4 N–H and O–H groups in total. The van der Waals surface area contributed by atoms with Crippen molar-refractivity contribution in [2.75, 3.05) is 0 Å². The summed E-state index contributed by atoms with van der Waals surface area (Å²) < 4.78 is 38.0. The lowest BCUT2D eigenvalue weighted by molar-refractivity contribution is -0.138. The van der Waals surface area contributed by atoms with Crippen LogP contribution >= 0.6 is 0 Å². The highest BCUT2D eigenvalue weighted by Crippen LogP contribution is 2.29. The van der Waals surface area contributed by atoms with Gasteiger partial charge < -0.3 is 15.9 Å². The van der Waals surface area contributed by atoms with E-state index in [1.807, 2.05) is 0 Å². The van der Waals surface area contributed by atoms with E-state index in [-0.39, 0.29) is 0 Å². The molecule has 0 aromatic heterocycles. The van der Waals surface area contributed by atoms with Crippen LogP contribution in [0.15, 0.2) is 6.07 Å². The van der Waals surface area contributed by atoms with E-state index in [4.69, 9.17) is 15.9 Å². The van der Waals surface area contributed by atoms with Crippen LogP contribution in [0.4, 0.5) is 13.2 Å². The van der Waals surface area contributed by atoms with Crippen molar-refractivity contribution in [3.05, 3.63) is 29.1 Å². The summed E-state index contributed by atoms with van der Waals surface area (Å²) in [5.74, 6) is -8.26. The first kappa shape index (κ1) is 11.3. The molecule has 0 aliphatic carbocycles. The van der Waals surface area contributed by atoms with Gasteiger partial charge in [-0.15, -0.1) is 0 Å². The Bertz CT molecular complexity index is 422. The predicted octanol–water partition coefficient (Wildman–Crippen LogP) is 0.894. The van der Waals surface area contributed by atoms with Gasteiger partial charge in [-0.1, -0.05) is 0 Å². The highest BCUT2D eigenvalue weighted by molar-refractivity contribution is 5.76. The zero-order chi connectivity index (χ0) is 11.7. The number of carboxylic acids is 1. The molecule has 1 unspecified atom stereocenters. The Labute approximate surface area is 81.7 Å². The summed E-state index contributed by atoms with van der Waals surface area (Å²) in [5.41, 5.74) is 4.29. The number of carbonyl (C=O) groups is 1. The molecular weight excluding hydrogens is 215 g/mol. The third-order valence-corrected chi connectivity index (χ3v) is 1.77. The third kappa shape index (κ3) is 1.86. The fourth-order valence-electron chi connectivity index (χ4n) is 0.974. The molecule has 1 atom stereocenters. The van der Waals surface area contributed by atoms with Crippen molar-refractivity contribution in [2.45, 2.75) is 6.04 Å². The molecule has 1 aromatic rings. The number of hydrogen-bond acceptors (Lipinski definition) is 3. The largest absolute Gasteiger partial charge is 0.504 e. The lowest BCUT2D eigenvalue weighted by atomic mass is 10.1. The smallest absolute Gasteiger partial charge is 0.325 e. The molecular formula is C8H6F3NO3. The van der Waals surface area contributed by atoms with Crippen LogP contribution in [0, 0.1) is 17.5 Å². The summed E-state index contributed by atoms with van der Waals surface area (Å²) in [5, 5.41) is 17.4. The lowest BCUT2D eigenvalue weighted by Crippen LogP contribution is -2.21. The number of rotatable bonds is 2. The fraction of sp³-hybridized carbons (Fsp3) is 0.125. The molecule has 4 nitrogen and oxygen atoms in total. The number of aliphatic carboxylic acids is 1. The molecule has 0 radical (unpaired) electrons. The molecule has 0 saturated heterocycles. The van der Waals surface area contributed by atoms with Gasteiger partial charge in [0, 0.05) is 5.56 Å². The number of phenolic OH excluding ortho intramolecular Hbond substituents is 1. The minimum Gasteiger partial charge on any atom is -0.504 e. The van der Waals surface area contributed by atoms with Crippen LogP contribution in [0.25, 0.3) is 0 Å². The average Bonchev–Trinajstić information content (AvgIpc) is 2.19. The number of aromatic hydroxyl groups is 1. The van der Waals surface area contributed by atoms with E-state index < -0.39 is 40.8 Å². The quantitative estimate of drug-likeness (QED) is 0.647. The summed E-state index contributed by atoms with van der Waals surface area (Å²) >= 11 is 0. The maximum Gasteiger partial charge on any atom is 0.325 e. The molecule has 0 amide bonds. The Morgan fingerprint density at radius 3 is 2.33 bits per heavy atom. The Morgan fingerprint density at radius 2 is 1.87 bits per heavy atom. The highest BCUT2D eigenvalue weighted by Gasteiger charge is 2.25. The maximum absolute atomic E-state index is 12.8. The molecule has 1 aromatic carbocycles. The van der Waals surface area contributed by atoms with Crippen molar-refractivity contribution in [3.8, 4) is 5.75 Å². The van der Waals surface area contributed by atoms with Gasteiger partial charge in [-0.2, -0.15) is 4.39 Å². The van der Waals surface area contributed by atoms with Crippen LogP contribution in [-0.4, -0.2) is 16.2 Å². The number of halogens is 3. The Morgan fingerprint density at radius 1 is 1.33 bits per heavy atom. The summed E-state index contributed by atoms with van der Waals surface area (Å²) in [4.78, 5) is 10.4. The zero-order valence-corrected chi connectivity index (χ0v) is 7.17. The summed E-state index contributed by atoms with van der Waals surface area (Å²) in [6, 6.07) is -1.48. The first-order valence-electron chi connectivity index (χ1n) is 3.71.